The highest BCUT2D eigenvalue weighted by Gasteiger charge is 2.16. The number of carbonyl (C=O) groups is 1. The van der Waals surface area contributed by atoms with E-state index in [4.69, 9.17) is 4.74 Å². The molecular weight excluding hydrogens is 252 g/mol. The first-order chi connectivity index (χ1) is 9.83. The number of aromatic nitrogens is 1. The van der Waals surface area contributed by atoms with E-state index >= 15 is 0 Å². The lowest BCUT2D eigenvalue weighted by Gasteiger charge is -2.11. The molecule has 0 radical (unpaired) electrons. The average Bonchev–Trinajstić information content (AvgIpc) is 3.18. The minimum absolute atomic E-state index is 0.0421. The third kappa shape index (κ3) is 2.91. The number of ether oxygens (including phenoxy) is 1. The molecule has 1 aromatic carbocycles. The zero-order valence-electron chi connectivity index (χ0n) is 11.3. The summed E-state index contributed by atoms with van der Waals surface area (Å²) in [5.74, 6) is -0.0421. The summed E-state index contributed by atoms with van der Waals surface area (Å²) >= 11 is 0. The third-order valence-electron chi connectivity index (χ3n) is 3.55. The largest absolute Gasteiger partial charge is 0.376 e. The molecule has 1 aliphatic rings. The summed E-state index contributed by atoms with van der Waals surface area (Å²) in [6, 6.07) is 11.5. The minimum atomic E-state index is -0.0421. The summed E-state index contributed by atoms with van der Waals surface area (Å²) in [6.45, 7) is 1.41. The normalized spacial score (nSPS) is 18.1. The fraction of sp³-hybridized carbons (Fsp3) is 0.312. The first-order valence-electron chi connectivity index (χ1n) is 6.96. The van der Waals surface area contributed by atoms with E-state index in [1.165, 1.54) is 0 Å². The molecule has 1 unspecified atom stereocenters. The second-order valence-electron chi connectivity index (χ2n) is 4.98. The zero-order valence-corrected chi connectivity index (χ0v) is 11.3. The number of nitrogens with one attached hydrogen (secondary N) is 1. The lowest BCUT2D eigenvalue weighted by Crippen LogP contribution is -2.31. The Labute approximate surface area is 118 Å². The van der Waals surface area contributed by atoms with Crippen LogP contribution >= 0.6 is 0 Å². The Hall–Kier alpha value is -2.07. The molecule has 104 valence electrons. The van der Waals surface area contributed by atoms with Crippen molar-refractivity contribution in [2.45, 2.75) is 18.9 Å². The Morgan fingerprint density at radius 2 is 2.00 bits per heavy atom. The summed E-state index contributed by atoms with van der Waals surface area (Å²) < 4.78 is 7.50. The van der Waals surface area contributed by atoms with Crippen LogP contribution in [0.5, 0.6) is 0 Å². The van der Waals surface area contributed by atoms with Crippen LogP contribution in [0.25, 0.3) is 5.69 Å². The second kappa shape index (κ2) is 5.92. The first-order valence-corrected chi connectivity index (χ1v) is 6.96. The molecule has 1 aliphatic heterocycles. The van der Waals surface area contributed by atoms with Crippen molar-refractivity contribution >= 4 is 5.91 Å². The Kier molecular flexibility index (Phi) is 3.83. The average molecular weight is 270 g/mol. The molecule has 3 rings (SSSR count). The number of hydrogen-bond acceptors (Lipinski definition) is 2. The lowest BCUT2D eigenvalue weighted by molar-refractivity contribution is 0.0858. The van der Waals surface area contributed by atoms with Gasteiger partial charge in [0.05, 0.1) is 6.10 Å². The molecule has 0 aliphatic carbocycles. The second-order valence-corrected chi connectivity index (χ2v) is 4.98. The summed E-state index contributed by atoms with van der Waals surface area (Å²) in [5.41, 5.74) is 1.73. The molecule has 4 heteroatoms. The predicted molar refractivity (Wildman–Crippen MR) is 77.1 cm³/mol. The van der Waals surface area contributed by atoms with Crippen molar-refractivity contribution in [1.29, 1.82) is 0 Å². The van der Waals surface area contributed by atoms with E-state index in [0.29, 0.717) is 12.1 Å². The SMILES string of the molecule is O=C(NCC1CCCO1)c1ccc(-n2cccc2)cc1. The first kappa shape index (κ1) is 12.9. The Balaban J connectivity index is 1.60. The molecule has 1 N–H and O–H groups in total. The van der Waals surface area contributed by atoms with Crippen molar-refractivity contribution in [3.63, 3.8) is 0 Å². The van der Waals surface area contributed by atoms with Crippen LogP contribution in [0, 0.1) is 0 Å². The molecule has 4 nitrogen and oxygen atoms in total. The maximum Gasteiger partial charge on any atom is 0.251 e. The minimum Gasteiger partial charge on any atom is -0.376 e. The van der Waals surface area contributed by atoms with Crippen molar-refractivity contribution < 1.29 is 9.53 Å². The van der Waals surface area contributed by atoms with Crippen molar-refractivity contribution in [3.05, 3.63) is 54.4 Å². The quantitative estimate of drug-likeness (QED) is 0.927. The molecule has 1 aromatic heterocycles. The molecule has 1 amide bonds. The van der Waals surface area contributed by atoms with Gasteiger partial charge >= 0.3 is 0 Å². The molecule has 1 fully saturated rings. The van der Waals surface area contributed by atoms with Gasteiger partial charge in [0.25, 0.3) is 5.91 Å². The fourth-order valence-corrected chi connectivity index (χ4v) is 2.41. The highest BCUT2D eigenvalue weighted by atomic mass is 16.5. The summed E-state index contributed by atoms with van der Waals surface area (Å²) in [6.07, 6.45) is 6.26. The van der Waals surface area contributed by atoms with Gasteiger partial charge in [-0.1, -0.05) is 0 Å². The standard InChI is InChI=1S/C16H18N2O2/c19-16(17-12-15-4-3-11-20-15)13-5-7-14(8-6-13)18-9-1-2-10-18/h1-2,5-10,15H,3-4,11-12H2,(H,17,19). The predicted octanol–water partition coefficient (Wildman–Crippen LogP) is 2.39. The van der Waals surface area contributed by atoms with Gasteiger partial charge in [-0.15, -0.1) is 0 Å². The maximum absolute atomic E-state index is 12.0. The van der Waals surface area contributed by atoms with Crippen LogP contribution in [0.15, 0.2) is 48.8 Å². The molecule has 20 heavy (non-hydrogen) atoms. The van der Waals surface area contributed by atoms with Crippen molar-refractivity contribution in [1.82, 2.24) is 9.88 Å². The van der Waals surface area contributed by atoms with Gasteiger partial charge in [-0.05, 0) is 49.2 Å². The van der Waals surface area contributed by atoms with Gasteiger partial charge < -0.3 is 14.6 Å². The van der Waals surface area contributed by atoms with E-state index in [9.17, 15) is 4.79 Å². The van der Waals surface area contributed by atoms with Crippen molar-refractivity contribution in [2.75, 3.05) is 13.2 Å². The van der Waals surface area contributed by atoms with E-state index in [1.807, 2.05) is 53.4 Å². The number of rotatable bonds is 4. The van der Waals surface area contributed by atoms with Gasteiger partial charge in [0.1, 0.15) is 0 Å². The Morgan fingerprint density at radius 1 is 1.25 bits per heavy atom. The van der Waals surface area contributed by atoms with Crippen molar-refractivity contribution in [2.24, 2.45) is 0 Å². The topological polar surface area (TPSA) is 43.3 Å². The monoisotopic (exact) mass is 270 g/mol. The number of nitrogens with zero attached hydrogens (tertiary/aromatic N) is 1. The molecule has 1 saturated heterocycles. The van der Waals surface area contributed by atoms with Crippen molar-refractivity contribution in [3.8, 4) is 5.69 Å². The fourth-order valence-electron chi connectivity index (χ4n) is 2.41. The van der Waals surface area contributed by atoms with Gasteiger partial charge in [0.2, 0.25) is 0 Å². The van der Waals surface area contributed by atoms with Crippen LogP contribution in [-0.4, -0.2) is 29.7 Å². The molecule has 0 bridgehead atoms. The van der Waals surface area contributed by atoms with Crippen LogP contribution in [0.4, 0.5) is 0 Å². The smallest absolute Gasteiger partial charge is 0.251 e. The van der Waals surface area contributed by atoms with Crippen LogP contribution < -0.4 is 5.32 Å². The summed E-state index contributed by atoms with van der Waals surface area (Å²) in [7, 11) is 0. The summed E-state index contributed by atoms with van der Waals surface area (Å²) in [5, 5.41) is 2.92. The number of hydrogen-bond donors (Lipinski definition) is 1. The maximum atomic E-state index is 12.0. The third-order valence-corrected chi connectivity index (χ3v) is 3.55. The van der Waals surface area contributed by atoms with E-state index in [1.54, 1.807) is 0 Å². The molecule has 2 heterocycles. The van der Waals surface area contributed by atoms with Crippen LogP contribution in [0.3, 0.4) is 0 Å². The number of benzene rings is 1. The van der Waals surface area contributed by atoms with E-state index in [-0.39, 0.29) is 12.0 Å². The van der Waals surface area contributed by atoms with Crippen LogP contribution in [-0.2, 0) is 4.74 Å². The Morgan fingerprint density at radius 3 is 2.65 bits per heavy atom. The molecular formula is C16H18N2O2. The Bertz CT molecular complexity index is 555. The van der Waals surface area contributed by atoms with Gasteiger partial charge in [-0.25, -0.2) is 0 Å². The zero-order chi connectivity index (χ0) is 13.8. The number of amides is 1. The van der Waals surface area contributed by atoms with Gasteiger partial charge in [0.15, 0.2) is 0 Å². The van der Waals surface area contributed by atoms with Crippen LogP contribution in [0.2, 0.25) is 0 Å². The van der Waals surface area contributed by atoms with E-state index < -0.39 is 0 Å². The van der Waals surface area contributed by atoms with Crippen LogP contribution in [0.1, 0.15) is 23.2 Å². The van der Waals surface area contributed by atoms with Gasteiger partial charge in [0, 0.05) is 36.8 Å². The highest BCUT2D eigenvalue weighted by Crippen LogP contribution is 2.12. The molecule has 1 atom stereocenters. The highest BCUT2D eigenvalue weighted by molar-refractivity contribution is 5.94. The molecule has 2 aromatic rings. The van der Waals surface area contributed by atoms with Gasteiger partial charge in [-0.3, -0.25) is 4.79 Å². The molecule has 0 saturated carbocycles. The number of carbonyl (C=O) groups excluding carboxylic acids is 1. The van der Waals surface area contributed by atoms with E-state index in [0.717, 1.165) is 25.1 Å². The molecule has 0 spiro atoms. The lowest BCUT2D eigenvalue weighted by atomic mass is 10.2. The van der Waals surface area contributed by atoms with E-state index in [2.05, 4.69) is 5.32 Å². The van der Waals surface area contributed by atoms with Gasteiger partial charge in [-0.2, -0.15) is 0 Å². The summed E-state index contributed by atoms with van der Waals surface area (Å²) in [4.78, 5) is 12.0.